The van der Waals surface area contributed by atoms with E-state index in [9.17, 15) is 4.79 Å². The summed E-state index contributed by atoms with van der Waals surface area (Å²) in [5, 5.41) is 1.27. The molecule has 2 atom stereocenters. The molecular formula is C21H30N2O2. The van der Waals surface area contributed by atoms with Crippen LogP contribution in [0.5, 0.6) is 0 Å². The van der Waals surface area contributed by atoms with Crippen LogP contribution in [0.4, 0.5) is 4.79 Å². The molecule has 136 valence electrons. The van der Waals surface area contributed by atoms with Gasteiger partial charge in [-0.1, -0.05) is 31.5 Å². The Bertz CT molecular complexity index is 696. The third kappa shape index (κ3) is 4.36. The molecular weight excluding hydrogens is 312 g/mol. The number of ether oxygens (including phenoxy) is 1. The first-order valence-corrected chi connectivity index (χ1v) is 9.40. The van der Waals surface area contributed by atoms with E-state index in [1.807, 2.05) is 25.7 Å². The fraction of sp³-hybridized carbons (Fsp3) is 0.571. The van der Waals surface area contributed by atoms with E-state index in [-0.39, 0.29) is 6.09 Å². The van der Waals surface area contributed by atoms with Gasteiger partial charge >= 0.3 is 6.09 Å². The smallest absolute Gasteiger partial charge is 0.410 e. The van der Waals surface area contributed by atoms with Crippen LogP contribution in [0, 0.1) is 11.8 Å². The van der Waals surface area contributed by atoms with Crippen molar-refractivity contribution >= 4 is 17.0 Å². The Balaban J connectivity index is 1.65. The average Bonchev–Trinajstić information content (AvgIpc) is 2.95. The van der Waals surface area contributed by atoms with Crippen molar-refractivity contribution in [3.05, 3.63) is 36.0 Å². The lowest BCUT2D eigenvalue weighted by atomic mass is 9.81. The van der Waals surface area contributed by atoms with Crippen LogP contribution >= 0.6 is 0 Å². The van der Waals surface area contributed by atoms with Gasteiger partial charge < -0.3 is 14.6 Å². The second-order valence-corrected chi connectivity index (χ2v) is 8.23. The van der Waals surface area contributed by atoms with E-state index in [1.165, 1.54) is 16.6 Å². The van der Waals surface area contributed by atoms with Gasteiger partial charge in [0.25, 0.3) is 0 Å². The summed E-state index contributed by atoms with van der Waals surface area (Å²) in [6.07, 6.45) is 3.00. The highest BCUT2D eigenvalue weighted by molar-refractivity contribution is 5.80. The van der Waals surface area contributed by atoms with Gasteiger partial charge in [-0.05, 0) is 63.0 Å². The Morgan fingerprint density at radius 3 is 2.72 bits per heavy atom. The second kappa shape index (κ2) is 7.11. The predicted molar refractivity (Wildman–Crippen MR) is 102 cm³/mol. The molecule has 1 aromatic carbocycles. The van der Waals surface area contributed by atoms with Crippen molar-refractivity contribution in [2.75, 3.05) is 13.1 Å². The third-order valence-corrected chi connectivity index (χ3v) is 5.14. The van der Waals surface area contributed by atoms with Crippen molar-refractivity contribution in [1.82, 2.24) is 9.88 Å². The minimum absolute atomic E-state index is 0.171. The Hall–Kier alpha value is -1.97. The van der Waals surface area contributed by atoms with Gasteiger partial charge in [0.05, 0.1) is 0 Å². The summed E-state index contributed by atoms with van der Waals surface area (Å²) in [4.78, 5) is 17.8. The highest BCUT2D eigenvalue weighted by Gasteiger charge is 2.32. The Morgan fingerprint density at radius 1 is 1.28 bits per heavy atom. The molecule has 0 saturated carbocycles. The molecule has 4 heteroatoms. The Kier molecular flexibility index (Phi) is 5.07. The first-order valence-electron chi connectivity index (χ1n) is 9.40. The minimum atomic E-state index is -0.431. The fourth-order valence-corrected chi connectivity index (χ4v) is 3.83. The number of aromatic nitrogens is 1. The monoisotopic (exact) mass is 342 g/mol. The molecule has 4 nitrogen and oxygen atoms in total. The van der Waals surface area contributed by atoms with Crippen molar-refractivity contribution in [3.8, 4) is 0 Å². The molecule has 2 aromatic rings. The highest BCUT2D eigenvalue weighted by atomic mass is 16.6. The van der Waals surface area contributed by atoms with Crippen molar-refractivity contribution in [2.24, 2.45) is 11.8 Å². The number of rotatable bonds is 3. The lowest BCUT2D eigenvalue weighted by Crippen LogP contribution is -2.46. The number of amides is 1. The molecule has 1 aromatic heterocycles. The number of H-pyrrole nitrogens is 1. The maximum Gasteiger partial charge on any atom is 0.410 e. The molecule has 1 amide bonds. The van der Waals surface area contributed by atoms with Crippen molar-refractivity contribution < 1.29 is 9.53 Å². The fourth-order valence-electron chi connectivity index (χ4n) is 3.83. The number of hydrogen-bond acceptors (Lipinski definition) is 2. The number of nitrogens with zero attached hydrogens (tertiary/aromatic N) is 1. The predicted octanol–water partition coefficient (Wildman–Crippen LogP) is 4.99. The molecule has 1 aliphatic heterocycles. The van der Waals surface area contributed by atoms with Gasteiger partial charge in [0.15, 0.2) is 0 Å². The molecule has 0 radical (unpaired) electrons. The van der Waals surface area contributed by atoms with Gasteiger partial charge in [0.2, 0.25) is 0 Å². The molecule has 3 rings (SSSR count). The average molecular weight is 342 g/mol. The van der Waals surface area contributed by atoms with Gasteiger partial charge in [0, 0.05) is 24.3 Å². The van der Waals surface area contributed by atoms with Crippen molar-refractivity contribution in [1.29, 1.82) is 0 Å². The number of piperidine rings is 1. The standard InChI is InChI=1S/C21H30N2O2/c1-5-15-14-23(20(24)25-21(2,3)4)11-10-16(15)12-18-13-17-8-6-7-9-19(17)22-18/h6-9,13,15-16,22H,5,10-12,14H2,1-4H3/t15-,16-/m1/s1. The molecule has 1 aliphatic rings. The van der Waals surface area contributed by atoms with E-state index in [0.717, 1.165) is 32.4 Å². The lowest BCUT2D eigenvalue weighted by molar-refractivity contribution is 0.00982. The summed E-state index contributed by atoms with van der Waals surface area (Å²) >= 11 is 0. The molecule has 1 fully saturated rings. The third-order valence-electron chi connectivity index (χ3n) is 5.14. The number of nitrogens with one attached hydrogen (secondary N) is 1. The number of benzene rings is 1. The summed E-state index contributed by atoms with van der Waals surface area (Å²) in [6, 6.07) is 10.7. The molecule has 2 heterocycles. The Labute approximate surface area is 150 Å². The van der Waals surface area contributed by atoms with Crippen LogP contribution < -0.4 is 0 Å². The van der Waals surface area contributed by atoms with Gasteiger partial charge in [-0.3, -0.25) is 0 Å². The van der Waals surface area contributed by atoms with Crippen LogP contribution in [-0.4, -0.2) is 34.7 Å². The zero-order chi connectivity index (χ0) is 18.0. The summed E-state index contributed by atoms with van der Waals surface area (Å²) in [6.45, 7) is 9.58. The lowest BCUT2D eigenvalue weighted by Gasteiger charge is -2.38. The normalized spacial score (nSPS) is 21.5. The minimum Gasteiger partial charge on any atom is -0.444 e. The topological polar surface area (TPSA) is 45.3 Å². The van der Waals surface area contributed by atoms with E-state index in [1.54, 1.807) is 0 Å². The van der Waals surface area contributed by atoms with Crippen LogP contribution in [-0.2, 0) is 11.2 Å². The number of carbonyl (C=O) groups is 1. The number of carbonyl (C=O) groups excluding carboxylic acids is 1. The van der Waals surface area contributed by atoms with Gasteiger partial charge in [0.1, 0.15) is 5.60 Å². The summed E-state index contributed by atoms with van der Waals surface area (Å²) < 4.78 is 5.54. The van der Waals surface area contributed by atoms with E-state index < -0.39 is 5.60 Å². The SMILES string of the molecule is CC[C@@H]1CN(C(=O)OC(C)(C)C)CC[C@@H]1Cc1cc2ccccc2[nH]1. The molecule has 0 spiro atoms. The van der Waals surface area contributed by atoms with Crippen molar-refractivity contribution in [2.45, 2.75) is 52.6 Å². The van der Waals surface area contributed by atoms with Crippen LogP contribution in [0.2, 0.25) is 0 Å². The zero-order valence-electron chi connectivity index (χ0n) is 15.8. The summed E-state index contributed by atoms with van der Waals surface area (Å²) in [5.74, 6) is 1.13. The van der Waals surface area contributed by atoms with Crippen LogP contribution in [0.1, 0.15) is 46.2 Å². The van der Waals surface area contributed by atoms with Crippen LogP contribution in [0.15, 0.2) is 30.3 Å². The number of fused-ring (bicyclic) bond motifs is 1. The van der Waals surface area contributed by atoms with Gasteiger partial charge in [-0.15, -0.1) is 0 Å². The first kappa shape index (κ1) is 17.8. The quantitative estimate of drug-likeness (QED) is 0.854. The number of hydrogen-bond donors (Lipinski definition) is 1. The molecule has 25 heavy (non-hydrogen) atoms. The molecule has 0 bridgehead atoms. The van der Waals surface area contributed by atoms with E-state index in [4.69, 9.17) is 4.74 Å². The van der Waals surface area contributed by atoms with Gasteiger partial charge in [-0.2, -0.15) is 0 Å². The number of likely N-dealkylation sites (tertiary alicyclic amines) is 1. The largest absolute Gasteiger partial charge is 0.444 e. The van der Waals surface area contributed by atoms with E-state index in [2.05, 4.69) is 42.2 Å². The van der Waals surface area contributed by atoms with Crippen LogP contribution in [0.3, 0.4) is 0 Å². The molecule has 0 aliphatic carbocycles. The first-order chi connectivity index (χ1) is 11.9. The summed E-state index contributed by atoms with van der Waals surface area (Å²) in [5.41, 5.74) is 2.08. The molecule has 1 N–H and O–H groups in total. The van der Waals surface area contributed by atoms with Crippen molar-refractivity contribution in [3.63, 3.8) is 0 Å². The van der Waals surface area contributed by atoms with Crippen LogP contribution in [0.25, 0.3) is 10.9 Å². The number of aromatic amines is 1. The molecule has 1 saturated heterocycles. The van der Waals surface area contributed by atoms with E-state index >= 15 is 0 Å². The Morgan fingerprint density at radius 2 is 2.04 bits per heavy atom. The van der Waals surface area contributed by atoms with E-state index in [0.29, 0.717) is 11.8 Å². The number of para-hydroxylation sites is 1. The highest BCUT2D eigenvalue weighted by Crippen LogP contribution is 2.31. The summed E-state index contributed by atoms with van der Waals surface area (Å²) in [7, 11) is 0. The zero-order valence-corrected chi connectivity index (χ0v) is 15.8. The maximum atomic E-state index is 12.4. The maximum absolute atomic E-state index is 12.4. The second-order valence-electron chi connectivity index (χ2n) is 8.23. The van der Waals surface area contributed by atoms with Gasteiger partial charge in [-0.25, -0.2) is 4.79 Å². The molecule has 0 unspecified atom stereocenters.